The lowest BCUT2D eigenvalue weighted by Gasteiger charge is -2.56. The van der Waals surface area contributed by atoms with Crippen molar-refractivity contribution in [3.05, 3.63) is 34.2 Å². The van der Waals surface area contributed by atoms with Gasteiger partial charge in [-0.25, -0.2) is 0 Å². The van der Waals surface area contributed by atoms with E-state index in [1.165, 1.54) is 5.57 Å². The molecule has 30 heavy (non-hydrogen) atoms. The summed E-state index contributed by atoms with van der Waals surface area (Å²) in [5.41, 5.74) is 5.77. The Morgan fingerprint density at radius 2 is 1.87 bits per heavy atom. The van der Waals surface area contributed by atoms with Gasteiger partial charge in [0, 0.05) is 23.7 Å². The molecule has 4 aliphatic carbocycles. The van der Waals surface area contributed by atoms with Crippen LogP contribution in [0.4, 0.5) is 0 Å². The third-order valence-electron chi connectivity index (χ3n) is 9.60. The SMILES string of the molecule is Cc1nn(C)c(C)c1/C=C1/C[C@@H]2[C@H]3CC=C4C[C@@H](O)CC[C@]4(C)[C@@H]3CC[C@]2(C)C1=O. The van der Waals surface area contributed by atoms with Gasteiger partial charge in [-0.1, -0.05) is 25.5 Å². The van der Waals surface area contributed by atoms with Gasteiger partial charge in [0.05, 0.1) is 11.8 Å². The van der Waals surface area contributed by atoms with Crippen LogP contribution in [-0.4, -0.2) is 26.8 Å². The Morgan fingerprint density at radius 1 is 1.13 bits per heavy atom. The minimum atomic E-state index is -0.215. The van der Waals surface area contributed by atoms with Crippen molar-refractivity contribution < 1.29 is 9.90 Å². The maximum Gasteiger partial charge on any atom is 0.165 e. The third-order valence-corrected chi connectivity index (χ3v) is 9.60. The van der Waals surface area contributed by atoms with Gasteiger partial charge in [0.25, 0.3) is 0 Å². The van der Waals surface area contributed by atoms with Crippen LogP contribution in [-0.2, 0) is 11.8 Å². The van der Waals surface area contributed by atoms with Gasteiger partial charge in [-0.2, -0.15) is 5.10 Å². The van der Waals surface area contributed by atoms with Gasteiger partial charge in [0.15, 0.2) is 5.78 Å². The number of aliphatic hydroxyl groups excluding tert-OH is 1. The van der Waals surface area contributed by atoms with Crippen LogP contribution < -0.4 is 0 Å². The van der Waals surface area contributed by atoms with E-state index < -0.39 is 0 Å². The van der Waals surface area contributed by atoms with Crippen molar-refractivity contribution in [3.8, 4) is 0 Å². The summed E-state index contributed by atoms with van der Waals surface area (Å²) in [5, 5.41) is 14.8. The average Bonchev–Trinajstić information content (AvgIpc) is 3.10. The van der Waals surface area contributed by atoms with E-state index in [1.54, 1.807) is 0 Å². The van der Waals surface area contributed by atoms with Gasteiger partial charge in [0.1, 0.15) is 0 Å². The highest BCUT2D eigenvalue weighted by Crippen LogP contribution is 2.64. The Morgan fingerprint density at radius 3 is 2.57 bits per heavy atom. The summed E-state index contributed by atoms with van der Waals surface area (Å²) in [6.07, 6.45) is 11.4. The van der Waals surface area contributed by atoms with Gasteiger partial charge in [-0.05, 0) is 93.6 Å². The fraction of sp³-hybridized carbons (Fsp3) is 0.692. The molecule has 5 rings (SSSR count). The van der Waals surface area contributed by atoms with Gasteiger partial charge in [0.2, 0.25) is 0 Å². The summed E-state index contributed by atoms with van der Waals surface area (Å²) in [7, 11) is 1.97. The molecular formula is C26H36N2O2. The average molecular weight is 409 g/mol. The van der Waals surface area contributed by atoms with Crippen LogP contribution in [0.15, 0.2) is 17.2 Å². The molecule has 0 spiro atoms. The van der Waals surface area contributed by atoms with Crippen molar-refractivity contribution in [3.63, 3.8) is 0 Å². The normalized spacial score (nSPS) is 42.0. The van der Waals surface area contributed by atoms with E-state index in [0.29, 0.717) is 23.5 Å². The second kappa shape index (κ2) is 6.66. The van der Waals surface area contributed by atoms with E-state index in [2.05, 4.69) is 38.0 Å². The molecule has 0 bridgehead atoms. The van der Waals surface area contributed by atoms with Crippen molar-refractivity contribution in [2.75, 3.05) is 0 Å². The summed E-state index contributed by atoms with van der Waals surface area (Å²) in [6, 6.07) is 0. The lowest BCUT2D eigenvalue weighted by atomic mass is 9.48. The number of rotatable bonds is 1. The largest absolute Gasteiger partial charge is 0.393 e. The van der Waals surface area contributed by atoms with E-state index in [-0.39, 0.29) is 16.9 Å². The molecule has 3 saturated carbocycles. The number of fused-ring (bicyclic) bond motifs is 5. The Labute approximate surface area is 180 Å². The second-order valence-electron chi connectivity index (χ2n) is 11.0. The Balaban J connectivity index is 1.50. The monoisotopic (exact) mass is 408 g/mol. The molecule has 0 radical (unpaired) electrons. The Hall–Kier alpha value is -1.68. The van der Waals surface area contributed by atoms with E-state index in [4.69, 9.17) is 0 Å². The minimum absolute atomic E-state index is 0.164. The number of nitrogens with zero attached hydrogens (tertiary/aromatic N) is 2. The molecule has 0 amide bonds. The summed E-state index contributed by atoms with van der Waals surface area (Å²) >= 11 is 0. The highest BCUT2D eigenvalue weighted by atomic mass is 16.3. The number of aromatic nitrogens is 2. The molecule has 0 saturated heterocycles. The van der Waals surface area contributed by atoms with Crippen molar-refractivity contribution in [1.29, 1.82) is 0 Å². The predicted octanol–water partition coefficient (Wildman–Crippen LogP) is 4.92. The van der Waals surface area contributed by atoms with Crippen LogP contribution in [0.25, 0.3) is 6.08 Å². The predicted molar refractivity (Wildman–Crippen MR) is 119 cm³/mol. The first-order chi connectivity index (χ1) is 14.1. The number of ketones is 1. The molecule has 0 unspecified atom stereocenters. The van der Waals surface area contributed by atoms with Crippen LogP contribution in [0.1, 0.15) is 75.7 Å². The van der Waals surface area contributed by atoms with Crippen molar-refractivity contribution >= 4 is 11.9 Å². The second-order valence-corrected chi connectivity index (χ2v) is 11.0. The Kier molecular flexibility index (Phi) is 4.49. The van der Waals surface area contributed by atoms with Crippen LogP contribution in [0, 0.1) is 42.4 Å². The molecular weight excluding hydrogens is 372 g/mol. The number of carbonyl (C=O) groups excluding carboxylic acids is 1. The number of Topliss-reactive ketones (excluding diaryl/α,β-unsaturated/α-hetero) is 1. The maximum atomic E-state index is 13.6. The third kappa shape index (κ3) is 2.68. The standard InChI is InChI=1S/C26H36N2O2/c1-15-21(16(2)28(5)27-15)12-17-13-23-20-7-6-18-14-19(29)8-10-25(18,3)22(20)9-11-26(23,4)24(17)30/h6,12,19-20,22-23,29H,7-11,13-14H2,1-5H3/b17-12-/t19-,20-,22+,23+,25-,26-/m0/s1. The summed E-state index contributed by atoms with van der Waals surface area (Å²) in [5.74, 6) is 2.05. The van der Waals surface area contributed by atoms with E-state index in [0.717, 1.165) is 67.5 Å². The zero-order valence-electron chi connectivity index (χ0n) is 19.2. The van der Waals surface area contributed by atoms with Gasteiger partial charge in [-0.3, -0.25) is 9.48 Å². The first-order valence-electron chi connectivity index (χ1n) is 11.8. The topological polar surface area (TPSA) is 55.1 Å². The first kappa shape index (κ1) is 20.2. The molecule has 0 aromatic carbocycles. The number of aliphatic hydroxyl groups is 1. The molecule has 1 N–H and O–H groups in total. The lowest BCUT2D eigenvalue weighted by Crippen LogP contribution is -2.50. The van der Waals surface area contributed by atoms with Gasteiger partial charge < -0.3 is 5.11 Å². The number of hydrogen-bond donors (Lipinski definition) is 1. The lowest BCUT2D eigenvalue weighted by molar-refractivity contribution is -0.130. The van der Waals surface area contributed by atoms with Crippen LogP contribution in [0.3, 0.4) is 0 Å². The van der Waals surface area contributed by atoms with Crippen molar-refractivity contribution in [2.45, 2.75) is 78.7 Å². The number of aryl methyl sites for hydroxylation is 2. The van der Waals surface area contributed by atoms with Crippen LogP contribution >= 0.6 is 0 Å². The first-order valence-corrected chi connectivity index (χ1v) is 11.8. The van der Waals surface area contributed by atoms with E-state index >= 15 is 0 Å². The molecule has 3 fully saturated rings. The highest BCUT2D eigenvalue weighted by molar-refractivity contribution is 6.06. The molecule has 0 aliphatic heterocycles. The van der Waals surface area contributed by atoms with Crippen LogP contribution in [0.2, 0.25) is 0 Å². The van der Waals surface area contributed by atoms with Gasteiger partial charge >= 0.3 is 0 Å². The summed E-state index contributed by atoms with van der Waals surface area (Å²) in [6.45, 7) is 8.81. The van der Waals surface area contributed by atoms with E-state index in [1.807, 2.05) is 18.7 Å². The van der Waals surface area contributed by atoms with E-state index in [9.17, 15) is 9.90 Å². The number of hydrogen-bond acceptors (Lipinski definition) is 3. The fourth-order valence-electron chi connectivity index (χ4n) is 7.61. The number of carbonyl (C=O) groups is 1. The molecule has 162 valence electrons. The zero-order valence-corrected chi connectivity index (χ0v) is 19.2. The molecule has 4 heteroatoms. The van der Waals surface area contributed by atoms with Crippen LogP contribution in [0.5, 0.6) is 0 Å². The Bertz CT molecular complexity index is 970. The highest BCUT2D eigenvalue weighted by Gasteiger charge is 2.59. The molecule has 1 aromatic heterocycles. The fourth-order valence-corrected chi connectivity index (χ4v) is 7.61. The molecule has 4 aliphatic rings. The van der Waals surface area contributed by atoms with Crippen molar-refractivity contribution in [2.24, 2.45) is 35.6 Å². The van der Waals surface area contributed by atoms with Gasteiger partial charge in [-0.15, -0.1) is 0 Å². The molecule has 6 atom stereocenters. The zero-order chi connectivity index (χ0) is 21.4. The smallest absolute Gasteiger partial charge is 0.165 e. The maximum absolute atomic E-state index is 13.6. The molecule has 4 nitrogen and oxygen atoms in total. The molecule has 1 aromatic rings. The number of allylic oxidation sites excluding steroid dienone is 2. The summed E-state index contributed by atoms with van der Waals surface area (Å²) < 4.78 is 1.91. The minimum Gasteiger partial charge on any atom is -0.393 e. The quantitative estimate of drug-likeness (QED) is 0.530. The summed E-state index contributed by atoms with van der Waals surface area (Å²) in [4.78, 5) is 13.6. The molecule has 1 heterocycles. The van der Waals surface area contributed by atoms with Crippen molar-refractivity contribution in [1.82, 2.24) is 9.78 Å².